The molecule has 0 radical (unpaired) electrons. The first-order chi connectivity index (χ1) is 8.53. The first kappa shape index (κ1) is 13.8. The standard InChI is InChI=1S/C14H27N3O/c1-3-11-6-8-17(9-7-11)10-14(2,13(15)18)16-12-4-5-12/h11-12,16H,3-10H2,1-2H3,(H2,15,18). The zero-order valence-electron chi connectivity index (χ0n) is 11.7. The van der Waals surface area contributed by atoms with Crippen LogP contribution in [0.15, 0.2) is 0 Å². The summed E-state index contributed by atoms with van der Waals surface area (Å²) in [5.74, 6) is 0.657. The first-order valence-corrected chi connectivity index (χ1v) is 7.33. The third-order valence-electron chi connectivity index (χ3n) is 4.47. The minimum absolute atomic E-state index is 0.216. The number of piperidine rings is 1. The summed E-state index contributed by atoms with van der Waals surface area (Å²) in [7, 11) is 0. The van der Waals surface area contributed by atoms with Crippen LogP contribution in [0.5, 0.6) is 0 Å². The molecule has 3 N–H and O–H groups in total. The van der Waals surface area contributed by atoms with Gasteiger partial charge in [0.25, 0.3) is 0 Å². The topological polar surface area (TPSA) is 58.4 Å². The molecule has 18 heavy (non-hydrogen) atoms. The second-order valence-electron chi connectivity index (χ2n) is 6.24. The first-order valence-electron chi connectivity index (χ1n) is 7.33. The van der Waals surface area contributed by atoms with Crippen molar-refractivity contribution in [3.05, 3.63) is 0 Å². The minimum atomic E-state index is -0.555. The van der Waals surface area contributed by atoms with Crippen molar-refractivity contribution in [2.75, 3.05) is 19.6 Å². The van der Waals surface area contributed by atoms with Gasteiger partial charge in [0.1, 0.15) is 5.54 Å². The zero-order chi connectivity index (χ0) is 13.2. The molecule has 0 aromatic rings. The van der Waals surface area contributed by atoms with Gasteiger partial charge in [-0.3, -0.25) is 10.1 Å². The van der Waals surface area contributed by atoms with E-state index in [9.17, 15) is 4.79 Å². The predicted octanol–water partition coefficient (Wildman–Crippen LogP) is 1.10. The normalized spacial score (nSPS) is 25.9. The van der Waals surface area contributed by atoms with Crippen molar-refractivity contribution in [1.82, 2.24) is 10.2 Å². The summed E-state index contributed by atoms with van der Waals surface area (Å²) in [6.07, 6.45) is 6.16. The van der Waals surface area contributed by atoms with Crippen molar-refractivity contribution < 1.29 is 4.79 Å². The highest BCUT2D eigenvalue weighted by atomic mass is 16.1. The second kappa shape index (κ2) is 5.57. The van der Waals surface area contributed by atoms with Gasteiger partial charge in [-0.2, -0.15) is 0 Å². The molecule has 2 aliphatic rings. The Morgan fingerprint density at radius 1 is 1.33 bits per heavy atom. The van der Waals surface area contributed by atoms with Crippen molar-refractivity contribution in [1.29, 1.82) is 0 Å². The third-order valence-corrected chi connectivity index (χ3v) is 4.47. The average molecular weight is 253 g/mol. The summed E-state index contributed by atoms with van der Waals surface area (Å²) >= 11 is 0. The summed E-state index contributed by atoms with van der Waals surface area (Å²) in [5, 5.41) is 3.42. The molecule has 1 atom stereocenters. The molecule has 0 spiro atoms. The van der Waals surface area contributed by atoms with E-state index in [-0.39, 0.29) is 5.91 Å². The van der Waals surface area contributed by atoms with Gasteiger partial charge < -0.3 is 10.6 Å². The summed E-state index contributed by atoms with van der Waals surface area (Å²) in [4.78, 5) is 14.1. The van der Waals surface area contributed by atoms with E-state index in [4.69, 9.17) is 5.73 Å². The zero-order valence-corrected chi connectivity index (χ0v) is 11.7. The average Bonchev–Trinajstić information content (AvgIpc) is 3.13. The van der Waals surface area contributed by atoms with E-state index in [2.05, 4.69) is 17.1 Å². The van der Waals surface area contributed by atoms with Crippen LogP contribution in [0.2, 0.25) is 0 Å². The van der Waals surface area contributed by atoms with E-state index in [1.54, 1.807) is 0 Å². The van der Waals surface area contributed by atoms with Crippen LogP contribution < -0.4 is 11.1 Å². The highest BCUT2D eigenvalue weighted by molar-refractivity contribution is 5.84. The molecule has 1 aliphatic heterocycles. The van der Waals surface area contributed by atoms with Crippen molar-refractivity contribution >= 4 is 5.91 Å². The number of carbonyl (C=O) groups excluding carboxylic acids is 1. The Hall–Kier alpha value is -0.610. The van der Waals surface area contributed by atoms with Gasteiger partial charge >= 0.3 is 0 Å². The van der Waals surface area contributed by atoms with Crippen molar-refractivity contribution in [3.8, 4) is 0 Å². The fourth-order valence-electron chi connectivity index (χ4n) is 2.87. The quantitative estimate of drug-likeness (QED) is 0.745. The molecule has 0 aromatic carbocycles. The van der Waals surface area contributed by atoms with Crippen LogP contribution in [-0.4, -0.2) is 42.0 Å². The SMILES string of the molecule is CCC1CCN(CC(C)(NC2CC2)C(N)=O)CC1. The maximum atomic E-state index is 11.7. The molecule has 1 heterocycles. The largest absolute Gasteiger partial charge is 0.368 e. The molecule has 1 saturated heterocycles. The Labute approximate surface area is 110 Å². The lowest BCUT2D eigenvalue weighted by Crippen LogP contribution is -2.61. The Kier molecular flexibility index (Phi) is 4.28. The molecule has 2 rings (SSSR count). The van der Waals surface area contributed by atoms with Gasteiger partial charge in [-0.1, -0.05) is 13.3 Å². The van der Waals surface area contributed by atoms with Crippen molar-refractivity contribution in [3.63, 3.8) is 0 Å². The number of primary amides is 1. The number of likely N-dealkylation sites (tertiary alicyclic amines) is 1. The number of nitrogens with two attached hydrogens (primary N) is 1. The molecule has 4 nitrogen and oxygen atoms in total. The summed E-state index contributed by atoms with van der Waals surface area (Å²) in [5.41, 5.74) is 5.03. The van der Waals surface area contributed by atoms with Gasteiger partial charge in [-0.15, -0.1) is 0 Å². The van der Waals surface area contributed by atoms with Gasteiger partial charge in [0.2, 0.25) is 5.91 Å². The molecule has 1 amide bonds. The third kappa shape index (κ3) is 3.45. The minimum Gasteiger partial charge on any atom is -0.368 e. The number of hydrogen-bond acceptors (Lipinski definition) is 3. The fraction of sp³-hybridized carbons (Fsp3) is 0.929. The van der Waals surface area contributed by atoms with E-state index in [1.165, 1.54) is 32.1 Å². The molecular formula is C14H27N3O. The van der Waals surface area contributed by atoms with Gasteiger partial charge in [-0.25, -0.2) is 0 Å². The maximum Gasteiger partial charge on any atom is 0.238 e. The van der Waals surface area contributed by atoms with Crippen molar-refractivity contribution in [2.45, 2.75) is 57.5 Å². The second-order valence-corrected chi connectivity index (χ2v) is 6.24. The molecule has 4 heteroatoms. The number of amides is 1. The van der Waals surface area contributed by atoms with Gasteiger partial charge in [-0.05, 0) is 51.6 Å². The Bertz CT molecular complexity index is 295. The van der Waals surface area contributed by atoms with Gasteiger partial charge in [0, 0.05) is 12.6 Å². The number of nitrogens with one attached hydrogen (secondary N) is 1. The number of rotatable bonds is 6. The Balaban J connectivity index is 1.86. The molecule has 0 bridgehead atoms. The summed E-state index contributed by atoms with van der Waals surface area (Å²) in [6, 6.07) is 0.510. The lowest BCUT2D eigenvalue weighted by atomic mass is 9.92. The monoisotopic (exact) mass is 253 g/mol. The van der Waals surface area contributed by atoms with Crippen molar-refractivity contribution in [2.24, 2.45) is 11.7 Å². The molecule has 1 saturated carbocycles. The Morgan fingerprint density at radius 3 is 2.39 bits per heavy atom. The number of carbonyl (C=O) groups is 1. The molecule has 1 unspecified atom stereocenters. The summed E-state index contributed by atoms with van der Waals surface area (Å²) < 4.78 is 0. The smallest absolute Gasteiger partial charge is 0.238 e. The molecule has 1 aliphatic carbocycles. The maximum absolute atomic E-state index is 11.7. The van der Waals surface area contributed by atoms with E-state index < -0.39 is 5.54 Å². The predicted molar refractivity (Wildman–Crippen MR) is 73.2 cm³/mol. The molecule has 2 fully saturated rings. The lowest BCUT2D eigenvalue weighted by Gasteiger charge is -2.38. The van der Waals surface area contributed by atoms with Crippen LogP contribution in [0.25, 0.3) is 0 Å². The number of hydrogen-bond donors (Lipinski definition) is 2. The van der Waals surface area contributed by atoms with E-state index in [0.717, 1.165) is 25.6 Å². The van der Waals surface area contributed by atoms with Gasteiger partial charge in [0.15, 0.2) is 0 Å². The lowest BCUT2D eigenvalue weighted by molar-refractivity contribution is -0.124. The highest BCUT2D eigenvalue weighted by Gasteiger charge is 2.38. The summed E-state index contributed by atoms with van der Waals surface area (Å²) in [6.45, 7) is 7.19. The van der Waals surface area contributed by atoms with E-state index in [1.807, 2.05) is 6.92 Å². The van der Waals surface area contributed by atoms with E-state index in [0.29, 0.717) is 6.04 Å². The Morgan fingerprint density at radius 2 is 1.94 bits per heavy atom. The van der Waals surface area contributed by atoms with Crippen LogP contribution in [0, 0.1) is 5.92 Å². The van der Waals surface area contributed by atoms with Crippen LogP contribution in [0.3, 0.4) is 0 Å². The van der Waals surface area contributed by atoms with Crippen LogP contribution in [0.1, 0.15) is 46.0 Å². The van der Waals surface area contributed by atoms with Gasteiger partial charge in [0.05, 0.1) is 0 Å². The molecule has 104 valence electrons. The number of nitrogens with zero attached hydrogens (tertiary/aromatic N) is 1. The fourth-order valence-corrected chi connectivity index (χ4v) is 2.87. The molecule has 0 aromatic heterocycles. The van der Waals surface area contributed by atoms with E-state index >= 15 is 0 Å². The molecular weight excluding hydrogens is 226 g/mol. The van der Waals surface area contributed by atoms with Crippen LogP contribution in [0.4, 0.5) is 0 Å². The highest BCUT2D eigenvalue weighted by Crippen LogP contribution is 2.25. The van der Waals surface area contributed by atoms with Crippen LogP contribution in [-0.2, 0) is 4.79 Å². The van der Waals surface area contributed by atoms with Crippen LogP contribution >= 0.6 is 0 Å².